The maximum absolute atomic E-state index is 13.2. The first-order valence-electron chi connectivity index (χ1n) is 12.6. The number of rotatable bonds is 6. The largest absolute Gasteiger partial charge is 0.423 e. The first-order valence-corrected chi connectivity index (χ1v) is 12.6. The number of urea groups is 1. The molecule has 4 rings (SSSR count). The van der Waals surface area contributed by atoms with Gasteiger partial charge in [0.15, 0.2) is 0 Å². The van der Waals surface area contributed by atoms with Crippen LogP contribution in [0.4, 0.5) is 35.0 Å². The standard InChI is InChI=1S/C26H32F3N5O3/c1-18-2-9-22(10-3-18)32-12-14-33(15-13-32)25(35)30-17-19-4-6-20(7-5-19)31-21-8-11-24(34(36)37)23(16-21)26(27,28)29/h2-3,8-11,16,19-20,31H,4-7,12-15,17H2,1H3,(H,30,35). The van der Waals surface area contributed by atoms with Gasteiger partial charge < -0.3 is 20.4 Å². The molecule has 2 aromatic carbocycles. The maximum Gasteiger partial charge on any atom is 0.423 e. The number of nitrogens with zero attached hydrogens (tertiary/aromatic N) is 3. The van der Waals surface area contributed by atoms with E-state index in [0.29, 0.717) is 25.6 Å². The third-order valence-corrected chi connectivity index (χ3v) is 7.22. The number of alkyl halides is 3. The van der Waals surface area contributed by atoms with Gasteiger partial charge in [0.05, 0.1) is 4.92 Å². The highest BCUT2D eigenvalue weighted by molar-refractivity contribution is 5.74. The van der Waals surface area contributed by atoms with E-state index in [-0.39, 0.29) is 17.8 Å². The minimum atomic E-state index is -4.80. The Balaban J connectivity index is 1.20. The summed E-state index contributed by atoms with van der Waals surface area (Å²) in [5, 5.41) is 17.1. The molecule has 2 aromatic rings. The average Bonchev–Trinajstić information content (AvgIpc) is 2.88. The highest BCUT2D eigenvalue weighted by Crippen LogP contribution is 2.38. The number of piperazine rings is 1. The van der Waals surface area contributed by atoms with Gasteiger partial charge in [-0.15, -0.1) is 0 Å². The van der Waals surface area contributed by atoms with Crippen molar-refractivity contribution in [2.45, 2.75) is 44.8 Å². The second-order valence-corrected chi connectivity index (χ2v) is 9.84. The van der Waals surface area contributed by atoms with E-state index in [1.165, 1.54) is 17.3 Å². The van der Waals surface area contributed by atoms with Gasteiger partial charge in [-0.05, 0) is 62.8 Å². The fourth-order valence-electron chi connectivity index (χ4n) is 5.03. The molecule has 2 fully saturated rings. The van der Waals surface area contributed by atoms with Crippen molar-refractivity contribution < 1.29 is 22.9 Å². The third kappa shape index (κ3) is 6.84. The Hall–Kier alpha value is -3.50. The topological polar surface area (TPSA) is 90.8 Å². The molecule has 0 radical (unpaired) electrons. The predicted molar refractivity (Wildman–Crippen MR) is 136 cm³/mol. The van der Waals surface area contributed by atoms with Crippen LogP contribution in [0.3, 0.4) is 0 Å². The Morgan fingerprint density at radius 2 is 1.68 bits per heavy atom. The summed E-state index contributed by atoms with van der Waals surface area (Å²) in [7, 11) is 0. The summed E-state index contributed by atoms with van der Waals surface area (Å²) in [4.78, 5) is 26.7. The van der Waals surface area contributed by atoms with Gasteiger partial charge in [-0.25, -0.2) is 4.79 Å². The monoisotopic (exact) mass is 519 g/mol. The molecule has 0 unspecified atom stereocenters. The predicted octanol–water partition coefficient (Wildman–Crippen LogP) is 5.42. The van der Waals surface area contributed by atoms with E-state index in [1.807, 2.05) is 4.90 Å². The number of carbonyl (C=O) groups is 1. The van der Waals surface area contributed by atoms with Crippen molar-refractivity contribution in [3.63, 3.8) is 0 Å². The number of nitrogens with one attached hydrogen (secondary N) is 2. The Morgan fingerprint density at radius 3 is 2.27 bits per heavy atom. The lowest BCUT2D eigenvalue weighted by Gasteiger charge is -2.36. The van der Waals surface area contributed by atoms with Crippen LogP contribution in [0.15, 0.2) is 42.5 Å². The zero-order chi connectivity index (χ0) is 26.6. The van der Waals surface area contributed by atoms with Gasteiger partial charge in [0.1, 0.15) is 5.56 Å². The number of anilines is 2. The van der Waals surface area contributed by atoms with Crippen LogP contribution in [0, 0.1) is 23.0 Å². The van der Waals surface area contributed by atoms with Gasteiger partial charge in [0, 0.05) is 56.2 Å². The average molecular weight is 520 g/mol. The first kappa shape index (κ1) is 26.6. The molecule has 2 aliphatic rings. The van der Waals surface area contributed by atoms with Gasteiger partial charge >= 0.3 is 12.2 Å². The molecule has 2 N–H and O–H groups in total. The lowest BCUT2D eigenvalue weighted by atomic mass is 9.86. The van der Waals surface area contributed by atoms with Crippen LogP contribution in [-0.2, 0) is 6.18 Å². The Labute approximate surface area is 214 Å². The summed E-state index contributed by atoms with van der Waals surface area (Å²) < 4.78 is 39.7. The van der Waals surface area contributed by atoms with E-state index in [9.17, 15) is 28.1 Å². The smallest absolute Gasteiger partial charge is 0.382 e. The number of amides is 2. The molecule has 1 saturated carbocycles. The molecule has 1 aliphatic heterocycles. The summed E-state index contributed by atoms with van der Waals surface area (Å²) in [5.74, 6) is 0.304. The van der Waals surface area contributed by atoms with Gasteiger partial charge in [0.2, 0.25) is 0 Å². The van der Waals surface area contributed by atoms with Crippen molar-refractivity contribution in [2.24, 2.45) is 5.92 Å². The van der Waals surface area contributed by atoms with Crippen LogP contribution in [0.1, 0.15) is 36.8 Å². The number of hydrogen-bond acceptors (Lipinski definition) is 5. The van der Waals surface area contributed by atoms with Crippen LogP contribution < -0.4 is 15.5 Å². The number of carbonyl (C=O) groups excluding carboxylic acids is 1. The Bertz CT molecular complexity index is 1090. The molecule has 8 nitrogen and oxygen atoms in total. The zero-order valence-corrected chi connectivity index (χ0v) is 20.8. The van der Waals surface area contributed by atoms with Crippen molar-refractivity contribution in [1.82, 2.24) is 10.2 Å². The molecule has 0 bridgehead atoms. The number of aryl methyl sites for hydroxylation is 1. The molecular weight excluding hydrogens is 487 g/mol. The molecule has 11 heteroatoms. The summed E-state index contributed by atoms with van der Waals surface area (Å²) >= 11 is 0. The van der Waals surface area contributed by atoms with Gasteiger partial charge in [-0.3, -0.25) is 10.1 Å². The number of hydrogen-bond donors (Lipinski definition) is 2. The van der Waals surface area contributed by atoms with Crippen molar-refractivity contribution in [3.8, 4) is 0 Å². The van der Waals surface area contributed by atoms with Crippen molar-refractivity contribution in [1.29, 1.82) is 0 Å². The maximum atomic E-state index is 13.2. The van der Waals surface area contributed by atoms with Crippen molar-refractivity contribution in [3.05, 3.63) is 63.7 Å². The van der Waals surface area contributed by atoms with E-state index in [0.717, 1.165) is 50.9 Å². The van der Waals surface area contributed by atoms with Crippen LogP contribution in [0.5, 0.6) is 0 Å². The van der Waals surface area contributed by atoms with Gasteiger partial charge in [-0.1, -0.05) is 17.7 Å². The number of nitro benzene ring substituents is 1. The molecule has 1 heterocycles. The van der Waals surface area contributed by atoms with E-state index >= 15 is 0 Å². The van der Waals surface area contributed by atoms with Gasteiger partial charge in [-0.2, -0.15) is 13.2 Å². The molecule has 37 heavy (non-hydrogen) atoms. The van der Waals surface area contributed by atoms with E-state index in [4.69, 9.17) is 0 Å². The molecule has 0 spiro atoms. The number of halogens is 3. The van der Waals surface area contributed by atoms with Crippen LogP contribution in [0.25, 0.3) is 0 Å². The molecule has 1 saturated heterocycles. The fourth-order valence-corrected chi connectivity index (χ4v) is 5.03. The van der Waals surface area contributed by atoms with Crippen LogP contribution in [0.2, 0.25) is 0 Å². The lowest BCUT2D eigenvalue weighted by molar-refractivity contribution is -0.388. The second kappa shape index (κ2) is 11.3. The summed E-state index contributed by atoms with van der Waals surface area (Å²) in [5.41, 5.74) is 0.403. The van der Waals surface area contributed by atoms with E-state index in [2.05, 4.69) is 46.7 Å². The molecule has 0 aromatic heterocycles. The lowest BCUT2D eigenvalue weighted by Crippen LogP contribution is -2.52. The molecular formula is C26H32F3N5O3. The third-order valence-electron chi connectivity index (χ3n) is 7.22. The zero-order valence-electron chi connectivity index (χ0n) is 20.8. The summed E-state index contributed by atoms with van der Waals surface area (Å²) in [6.07, 6.45) is -1.65. The molecule has 0 atom stereocenters. The fraction of sp³-hybridized carbons (Fsp3) is 0.500. The van der Waals surface area contributed by atoms with Crippen molar-refractivity contribution >= 4 is 23.1 Å². The highest BCUT2D eigenvalue weighted by Gasteiger charge is 2.38. The molecule has 2 amide bonds. The minimum Gasteiger partial charge on any atom is -0.382 e. The summed E-state index contributed by atoms with van der Waals surface area (Å²) in [6, 6.07) is 11.3. The van der Waals surface area contributed by atoms with Gasteiger partial charge in [0.25, 0.3) is 5.69 Å². The Morgan fingerprint density at radius 1 is 1.03 bits per heavy atom. The summed E-state index contributed by atoms with van der Waals surface area (Å²) in [6.45, 7) is 5.51. The Kier molecular flexibility index (Phi) is 8.09. The first-order chi connectivity index (χ1) is 17.6. The van der Waals surface area contributed by atoms with E-state index < -0.39 is 22.4 Å². The van der Waals surface area contributed by atoms with Crippen LogP contribution >= 0.6 is 0 Å². The quantitative estimate of drug-likeness (QED) is 0.393. The highest BCUT2D eigenvalue weighted by atomic mass is 19.4. The normalized spacial score (nSPS) is 20.4. The number of benzene rings is 2. The second-order valence-electron chi connectivity index (χ2n) is 9.84. The number of nitro groups is 1. The van der Waals surface area contributed by atoms with Crippen LogP contribution in [-0.4, -0.2) is 54.6 Å². The molecule has 200 valence electrons. The van der Waals surface area contributed by atoms with Crippen molar-refractivity contribution in [2.75, 3.05) is 42.9 Å². The molecule has 1 aliphatic carbocycles. The minimum absolute atomic E-state index is 0.0238. The SMILES string of the molecule is Cc1ccc(N2CCN(C(=O)NCC3CCC(Nc4ccc([N+](=O)[O-])c(C(F)(F)F)c4)CC3)CC2)cc1. The van der Waals surface area contributed by atoms with E-state index in [1.54, 1.807) is 0 Å².